The second-order valence-corrected chi connectivity index (χ2v) is 5.60. The molecule has 0 radical (unpaired) electrons. The molecular weight excluding hydrogens is 263 g/mol. The third kappa shape index (κ3) is 2.75. The largest absolute Gasteiger partial charge is 0.364 e. The first-order valence-electron chi connectivity index (χ1n) is 7.21. The molecule has 0 aliphatic carbocycles. The van der Waals surface area contributed by atoms with Gasteiger partial charge in [0.1, 0.15) is 5.82 Å². The molecule has 0 bridgehead atoms. The number of nitriles is 1. The van der Waals surface area contributed by atoms with Crippen molar-refractivity contribution in [1.82, 2.24) is 0 Å². The molecule has 3 rings (SSSR count). The van der Waals surface area contributed by atoms with E-state index >= 15 is 0 Å². The van der Waals surface area contributed by atoms with E-state index in [1.165, 1.54) is 23.4 Å². The Hall–Kier alpha value is -2.34. The monoisotopic (exact) mass is 280 g/mol. The maximum absolute atomic E-state index is 13.6. The van der Waals surface area contributed by atoms with Gasteiger partial charge in [0.2, 0.25) is 0 Å². The lowest BCUT2D eigenvalue weighted by atomic mass is 9.96. The first-order chi connectivity index (χ1) is 10.2. The van der Waals surface area contributed by atoms with Crippen molar-refractivity contribution in [2.75, 3.05) is 4.90 Å². The number of benzene rings is 2. The number of para-hydroxylation sites is 1. The molecule has 0 aromatic heterocycles. The number of fused-ring (bicyclic) bond motifs is 1. The fourth-order valence-electron chi connectivity index (χ4n) is 3.00. The van der Waals surface area contributed by atoms with Gasteiger partial charge in [0, 0.05) is 18.3 Å². The summed E-state index contributed by atoms with van der Waals surface area (Å²) >= 11 is 0. The normalized spacial score (nSPS) is 17.2. The molecule has 3 heteroatoms. The molecule has 0 N–H and O–H groups in total. The van der Waals surface area contributed by atoms with Gasteiger partial charge in [-0.05, 0) is 55.2 Å². The molecule has 0 saturated heterocycles. The number of nitrogens with zero attached hydrogens (tertiary/aromatic N) is 2. The van der Waals surface area contributed by atoms with Crippen LogP contribution in [-0.2, 0) is 13.0 Å². The summed E-state index contributed by atoms with van der Waals surface area (Å²) in [4.78, 5) is 2.30. The molecule has 21 heavy (non-hydrogen) atoms. The molecule has 1 unspecified atom stereocenters. The lowest BCUT2D eigenvalue weighted by molar-refractivity contribution is 0.558. The number of hydrogen-bond acceptors (Lipinski definition) is 2. The molecule has 0 spiro atoms. The average molecular weight is 280 g/mol. The molecule has 1 aliphatic rings. The van der Waals surface area contributed by atoms with Crippen LogP contribution in [0.3, 0.4) is 0 Å². The molecule has 1 heterocycles. The molecule has 0 fully saturated rings. The average Bonchev–Trinajstić information content (AvgIpc) is 2.49. The Balaban J connectivity index is 1.94. The quantitative estimate of drug-likeness (QED) is 0.830. The van der Waals surface area contributed by atoms with Crippen LogP contribution in [0.4, 0.5) is 10.1 Å². The highest BCUT2D eigenvalue weighted by molar-refractivity contribution is 5.56. The minimum absolute atomic E-state index is 0.345. The summed E-state index contributed by atoms with van der Waals surface area (Å²) in [5.74, 6) is -0.345. The summed E-state index contributed by atoms with van der Waals surface area (Å²) in [6.45, 7) is 2.82. The fourth-order valence-corrected chi connectivity index (χ4v) is 3.00. The van der Waals surface area contributed by atoms with Gasteiger partial charge < -0.3 is 4.90 Å². The SMILES string of the molecule is CC1CCc2ccccc2N1Cc1cc(F)cc(C#N)c1. The van der Waals surface area contributed by atoms with Gasteiger partial charge in [-0.2, -0.15) is 5.26 Å². The van der Waals surface area contributed by atoms with E-state index in [9.17, 15) is 4.39 Å². The number of anilines is 1. The Morgan fingerprint density at radius 3 is 2.90 bits per heavy atom. The highest BCUT2D eigenvalue weighted by Crippen LogP contribution is 2.31. The smallest absolute Gasteiger partial charge is 0.124 e. The van der Waals surface area contributed by atoms with E-state index in [2.05, 4.69) is 30.0 Å². The summed E-state index contributed by atoms with van der Waals surface area (Å²) in [5, 5.41) is 8.97. The fraction of sp³-hybridized carbons (Fsp3) is 0.278. The number of hydrogen-bond donors (Lipinski definition) is 0. The van der Waals surface area contributed by atoms with E-state index in [1.807, 2.05) is 12.1 Å². The van der Waals surface area contributed by atoms with Crippen LogP contribution in [-0.4, -0.2) is 6.04 Å². The summed E-state index contributed by atoms with van der Waals surface area (Å²) in [5.41, 5.74) is 3.78. The Morgan fingerprint density at radius 1 is 1.29 bits per heavy atom. The lowest BCUT2D eigenvalue weighted by Gasteiger charge is -2.37. The van der Waals surface area contributed by atoms with E-state index in [0.29, 0.717) is 18.2 Å². The minimum Gasteiger partial charge on any atom is -0.364 e. The van der Waals surface area contributed by atoms with E-state index in [1.54, 1.807) is 6.07 Å². The van der Waals surface area contributed by atoms with Gasteiger partial charge in [-0.3, -0.25) is 0 Å². The van der Waals surface area contributed by atoms with E-state index in [4.69, 9.17) is 5.26 Å². The predicted molar refractivity (Wildman–Crippen MR) is 81.5 cm³/mol. The zero-order valence-corrected chi connectivity index (χ0v) is 12.0. The van der Waals surface area contributed by atoms with Crippen LogP contribution in [0, 0.1) is 17.1 Å². The zero-order chi connectivity index (χ0) is 14.8. The molecule has 1 aliphatic heterocycles. The molecule has 0 amide bonds. The van der Waals surface area contributed by atoms with Crippen LogP contribution in [0.2, 0.25) is 0 Å². The van der Waals surface area contributed by atoms with Crippen molar-refractivity contribution in [3.8, 4) is 6.07 Å². The van der Waals surface area contributed by atoms with Crippen LogP contribution in [0.5, 0.6) is 0 Å². The van der Waals surface area contributed by atoms with Crippen molar-refractivity contribution in [3.05, 3.63) is 65.0 Å². The second kappa shape index (κ2) is 5.57. The summed E-state index contributed by atoms with van der Waals surface area (Å²) in [6.07, 6.45) is 2.18. The van der Waals surface area contributed by atoms with Crippen LogP contribution < -0.4 is 4.90 Å². The van der Waals surface area contributed by atoms with Gasteiger partial charge in [-0.1, -0.05) is 18.2 Å². The molecule has 1 atom stereocenters. The van der Waals surface area contributed by atoms with Gasteiger partial charge >= 0.3 is 0 Å². The number of aryl methyl sites for hydroxylation is 1. The second-order valence-electron chi connectivity index (χ2n) is 5.60. The van der Waals surface area contributed by atoms with Crippen molar-refractivity contribution in [2.24, 2.45) is 0 Å². The minimum atomic E-state index is -0.345. The van der Waals surface area contributed by atoms with Crippen molar-refractivity contribution >= 4 is 5.69 Å². The number of halogens is 1. The van der Waals surface area contributed by atoms with Crippen molar-refractivity contribution < 1.29 is 4.39 Å². The van der Waals surface area contributed by atoms with Crippen LogP contribution in [0.25, 0.3) is 0 Å². The van der Waals surface area contributed by atoms with Crippen LogP contribution in [0.15, 0.2) is 42.5 Å². The molecule has 0 saturated carbocycles. The summed E-state index contributed by atoms with van der Waals surface area (Å²) < 4.78 is 13.6. The summed E-state index contributed by atoms with van der Waals surface area (Å²) in [6, 6.07) is 15.4. The van der Waals surface area contributed by atoms with E-state index in [0.717, 1.165) is 18.4 Å². The summed E-state index contributed by atoms with van der Waals surface area (Å²) in [7, 11) is 0. The standard InChI is InChI=1S/C18H17FN2/c1-13-6-7-16-4-2-3-5-18(16)21(13)12-15-8-14(11-20)9-17(19)10-15/h2-5,8-10,13H,6-7,12H2,1H3. The van der Waals surface area contributed by atoms with Crippen molar-refractivity contribution in [2.45, 2.75) is 32.4 Å². The zero-order valence-electron chi connectivity index (χ0n) is 12.0. The molecule has 106 valence electrons. The van der Waals surface area contributed by atoms with Gasteiger partial charge in [0.05, 0.1) is 11.6 Å². The molecule has 2 aromatic carbocycles. The maximum atomic E-state index is 13.6. The molecule has 2 aromatic rings. The van der Waals surface area contributed by atoms with E-state index < -0.39 is 0 Å². The predicted octanol–water partition coefficient (Wildman–Crippen LogP) is 4.04. The topological polar surface area (TPSA) is 27.0 Å². The molecule has 2 nitrogen and oxygen atoms in total. The maximum Gasteiger partial charge on any atom is 0.124 e. The highest BCUT2D eigenvalue weighted by atomic mass is 19.1. The molecular formula is C18H17FN2. The third-order valence-corrected chi connectivity index (χ3v) is 4.10. The highest BCUT2D eigenvalue weighted by Gasteiger charge is 2.22. The van der Waals surface area contributed by atoms with Gasteiger partial charge in [0.25, 0.3) is 0 Å². The van der Waals surface area contributed by atoms with Crippen molar-refractivity contribution in [3.63, 3.8) is 0 Å². The van der Waals surface area contributed by atoms with Crippen LogP contribution in [0.1, 0.15) is 30.0 Å². The first kappa shape index (κ1) is 13.6. The Morgan fingerprint density at radius 2 is 2.10 bits per heavy atom. The Kier molecular flexibility index (Phi) is 3.62. The number of rotatable bonds is 2. The lowest BCUT2D eigenvalue weighted by Crippen LogP contribution is -2.36. The van der Waals surface area contributed by atoms with Gasteiger partial charge in [0.15, 0.2) is 0 Å². The first-order valence-corrected chi connectivity index (χ1v) is 7.21. The van der Waals surface area contributed by atoms with Crippen molar-refractivity contribution in [1.29, 1.82) is 5.26 Å². The Bertz CT molecular complexity index is 703. The Labute approximate surface area is 124 Å². The van der Waals surface area contributed by atoms with Gasteiger partial charge in [-0.15, -0.1) is 0 Å². The van der Waals surface area contributed by atoms with E-state index in [-0.39, 0.29) is 5.82 Å². The van der Waals surface area contributed by atoms with Crippen LogP contribution >= 0.6 is 0 Å². The third-order valence-electron chi connectivity index (χ3n) is 4.10. The van der Waals surface area contributed by atoms with Gasteiger partial charge in [-0.25, -0.2) is 4.39 Å².